The van der Waals surface area contributed by atoms with E-state index in [1.807, 2.05) is 24.0 Å². The van der Waals surface area contributed by atoms with Gasteiger partial charge in [-0.3, -0.25) is 4.79 Å². The highest BCUT2D eigenvalue weighted by molar-refractivity contribution is 5.96. The average molecular weight is 260 g/mol. The molecule has 1 aromatic rings. The van der Waals surface area contributed by atoms with Crippen molar-refractivity contribution >= 4 is 5.91 Å². The van der Waals surface area contributed by atoms with Crippen LogP contribution in [0.4, 0.5) is 0 Å². The summed E-state index contributed by atoms with van der Waals surface area (Å²) in [6, 6.07) is 6.48. The second kappa shape index (κ2) is 6.20. The number of hydrogen-bond donors (Lipinski definition) is 1. The molecule has 1 amide bonds. The fraction of sp³-hybridized carbons (Fsp3) is 0.562. The zero-order valence-electron chi connectivity index (χ0n) is 12.0. The summed E-state index contributed by atoms with van der Waals surface area (Å²) in [5.41, 5.74) is 8.70. The van der Waals surface area contributed by atoms with Gasteiger partial charge in [0.2, 0.25) is 0 Å². The number of aryl methyl sites for hydroxylation is 2. The lowest BCUT2D eigenvalue weighted by molar-refractivity contribution is 0.0577. The molecule has 1 aliphatic rings. The van der Waals surface area contributed by atoms with Crippen LogP contribution >= 0.6 is 0 Å². The molecule has 1 saturated carbocycles. The predicted molar refractivity (Wildman–Crippen MR) is 78.3 cm³/mol. The first-order valence-electron chi connectivity index (χ1n) is 7.21. The maximum Gasteiger partial charge on any atom is 0.254 e. The van der Waals surface area contributed by atoms with Gasteiger partial charge in [-0.15, -0.1) is 0 Å². The number of amides is 1. The van der Waals surface area contributed by atoms with Gasteiger partial charge in [0.15, 0.2) is 0 Å². The summed E-state index contributed by atoms with van der Waals surface area (Å²) in [4.78, 5) is 14.7. The van der Waals surface area contributed by atoms with Crippen LogP contribution in [0, 0.1) is 13.8 Å². The van der Waals surface area contributed by atoms with Gasteiger partial charge in [0, 0.05) is 18.2 Å². The number of carbonyl (C=O) groups is 1. The molecule has 19 heavy (non-hydrogen) atoms. The normalized spacial score (nSPS) is 15.1. The molecule has 0 radical (unpaired) electrons. The van der Waals surface area contributed by atoms with Crippen molar-refractivity contribution in [1.29, 1.82) is 0 Å². The third-order valence-electron chi connectivity index (χ3n) is 3.99. The molecule has 1 aromatic carbocycles. The van der Waals surface area contributed by atoms with Crippen molar-refractivity contribution in [2.45, 2.75) is 45.6 Å². The highest BCUT2D eigenvalue weighted by atomic mass is 16.2. The lowest BCUT2D eigenvalue weighted by Crippen LogP contribution is -2.45. The van der Waals surface area contributed by atoms with E-state index in [0.717, 1.165) is 36.9 Å². The Kier molecular flexibility index (Phi) is 4.59. The van der Waals surface area contributed by atoms with Gasteiger partial charge in [-0.2, -0.15) is 0 Å². The molecule has 0 aliphatic heterocycles. The fourth-order valence-electron chi connectivity index (χ4n) is 2.62. The van der Waals surface area contributed by atoms with Crippen LogP contribution in [0.25, 0.3) is 0 Å². The first kappa shape index (κ1) is 14.1. The van der Waals surface area contributed by atoms with Crippen LogP contribution in [0.15, 0.2) is 18.2 Å². The van der Waals surface area contributed by atoms with Crippen molar-refractivity contribution in [2.24, 2.45) is 5.73 Å². The van der Waals surface area contributed by atoms with Gasteiger partial charge in [0.1, 0.15) is 0 Å². The second-order valence-corrected chi connectivity index (χ2v) is 5.54. The summed E-state index contributed by atoms with van der Waals surface area (Å²) < 4.78 is 0. The molecule has 0 atom stereocenters. The van der Waals surface area contributed by atoms with Gasteiger partial charge in [0.25, 0.3) is 5.91 Å². The van der Waals surface area contributed by atoms with E-state index in [0.29, 0.717) is 12.6 Å². The van der Waals surface area contributed by atoms with Crippen molar-refractivity contribution in [1.82, 2.24) is 4.90 Å². The SMILES string of the molecule is Cc1ccc(C(=O)N(CCCN)C2CCC2)c(C)c1. The minimum atomic E-state index is 0.177. The zero-order valence-corrected chi connectivity index (χ0v) is 12.0. The van der Waals surface area contributed by atoms with Crippen molar-refractivity contribution < 1.29 is 4.79 Å². The van der Waals surface area contributed by atoms with Crippen LogP contribution in [-0.2, 0) is 0 Å². The molecule has 0 aromatic heterocycles. The monoisotopic (exact) mass is 260 g/mol. The topological polar surface area (TPSA) is 46.3 Å². The first-order valence-corrected chi connectivity index (χ1v) is 7.21. The van der Waals surface area contributed by atoms with E-state index < -0.39 is 0 Å². The summed E-state index contributed by atoms with van der Waals surface area (Å²) in [5, 5.41) is 0. The second-order valence-electron chi connectivity index (χ2n) is 5.54. The quantitative estimate of drug-likeness (QED) is 0.884. The van der Waals surface area contributed by atoms with Gasteiger partial charge in [-0.1, -0.05) is 17.7 Å². The molecule has 0 bridgehead atoms. The first-order chi connectivity index (χ1) is 9.13. The zero-order chi connectivity index (χ0) is 13.8. The summed E-state index contributed by atoms with van der Waals surface area (Å²) in [6.45, 7) is 5.50. The van der Waals surface area contributed by atoms with Crippen molar-refractivity contribution in [3.8, 4) is 0 Å². The van der Waals surface area contributed by atoms with E-state index in [9.17, 15) is 4.79 Å². The molecule has 0 spiro atoms. The van der Waals surface area contributed by atoms with Crippen LogP contribution in [0.3, 0.4) is 0 Å². The Morgan fingerprint density at radius 2 is 2.11 bits per heavy atom. The molecule has 0 saturated heterocycles. The number of rotatable bonds is 5. The average Bonchev–Trinajstić information content (AvgIpc) is 2.31. The van der Waals surface area contributed by atoms with E-state index in [-0.39, 0.29) is 5.91 Å². The molecule has 1 aliphatic carbocycles. The standard InChI is InChI=1S/C16H24N2O/c1-12-7-8-15(13(2)11-12)16(19)18(10-4-9-17)14-5-3-6-14/h7-8,11,14H,3-6,9-10,17H2,1-2H3. The van der Waals surface area contributed by atoms with Crippen molar-refractivity contribution in [3.05, 3.63) is 34.9 Å². The Balaban J connectivity index is 2.17. The molecule has 104 valence electrons. The smallest absolute Gasteiger partial charge is 0.254 e. The highest BCUT2D eigenvalue weighted by Gasteiger charge is 2.29. The Bertz CT molecular complexity index is 452. The number of nitrogens with zero attached hydrogens (tertiary/aromatic N) is 1. The molecule has 3 heteroatoms. The van der Waals surface area contributed by atoms with Crippen molar-refractivity contribution in [3.63, 3.8) is 0 Å². The Morgan fingerprint density at radius 1 is 1.37 bits per heavy atom. The van der Waals surface area contributed by atoms with Gasteiger partial charge >= 0.3 is 0 Å². The molecule has 3 nitrogen and oxygen atoms in total. The highest BCUT2D eigenvalue weighted by Crippen LogP contribution is 2.27. The lowest BCUT2D eigenvalue weighted by atomic mass is 9.90. The molecule has 0 unspecified atom stereocenters. The third kappa shape index (κ3) is 3.16. The number of benzene rings is 1. The Morgan fingerprint density at radius 3 is 2.63 bits per heavy atom. The maximum absolute atomic E-state index is 12.7. The summed E-state index contributed by atoms with van der Waals surface area (Å²) in [7, 11) is 0. The van der Waals surface area contributed by atoms with E-state index in [1.165, 1.54) is 12.0 Å². The van der Waals surface area contributed by atoms with Crippen molar-refractivity contribution in [2.75, 3.05) is 13.1 Å². The number of hydrogen-bond acceptors (Lipinski definition) is 2. The lowest BCUT2D eigenvalue weighted by Gasteiger charge is -2.38. The predicted octanol–water partition coefficient (Wildman–Crippen LogP) is 2.65. The van der Waals surface area contributed by atoms with E-state index >= 15 is 0 Å². The molecule has 0 heterocycles. The van der Waals surface area contributed by atoms with E-state index in [1.54, 1.807) is 0 Å². The largest absolute Gasteiger partial charge is 0.336 e. The Labute approximate surface area is 115 Å². The van der Waals surface area contributed by atoms with Crippen LogP contribution < -0.4 is 5.73 Å². The number of carbonyl (C=O) groups excluding carboxylic acids is 1. The third-order valence-corrected chi connectivity index (χ3v) is 3.99. The van der Waals surface area contributed by atoms with Gasteiger partial charge in [0.05, 0.1) is 0 Å². The molecular weight excluding hydrogens is 236 g/mol. The molecular formula is C16H24N2O. The van der Waals surface area contributed by atoms with Crippen LogP contribution in [0.1, 0.15) is 47.2 Å². The summed E-state index contributed by atoms with van der Waals surface area (Å²) >= 11 is 0. The maximum atomic E-state index is 12.7. The van der Waals surface area contributed by atoms with Gasteiger partial charge in [-0.25, -0.2) is 0 Å². The van der Waals surface area contributed by atoms with E-state index in [2.05, 4.69) is 13.0 Å². The minimum Gasteiger partial charge on any atom is -0.336 e. The minimum absolute atomic E-state index is 0.177. The molecule has 2 N–H and O–H groups in total. The summed E-state index contributed by atoms with van der Waals surface area (Å²) in [5.74, 6) is 0.177. The van der Waals surface area contributed by atoms with Gasteiger partial charge < -0.3 is 10.6 Å². The van der Waals surface area contributed by atoms with Crippen LogP contribution in [-0.4, -0.2) is 29.9 Å². The number of nitrogens with two attached hydrogens (primary N) is 1. The Hall–Kier alpha value is -1.35. The van der Waals surface area contributed by atoms with Crippen LogP contribution in [0.5, 0.6) is 0 Å². The fourth-order valence-corrected chi connectivity index (χ4v) is 2.62. The molecule has 2 rings (SSSR count). The van der Waals surface area contributed by atoms with Gasteiger partial charge in [-0.05, 0) is 57.7 Å². The van der Waals surface area contributed by atoms with Crippen LogP contribution in [0.2, 0.25) is 0 Å². The van der Waals surface area contributed by atoms with E-state index in [4.69, 9.17) is 5.73 Å². The summed E-state index contributed by atoms with van der Waals surface area (Å²) in [6.07, 6.45) is 4.40. The molecule has 1 fully saturated rings.